The van der Waals surface area contributed by atoms with E-state index < -0.39 is 0 Å². The van der Waals surface area contributed by atoms with Crippen molar-refractivity contribution in [3.63, 3.8) is 0 Å². The summed E-state index contributed by atoms with van der Waals surface area (Å²) < 4.78 is 11.3. The average molecular weight is 320 g/mol. The minimum Gasteiger partial charge on any atom is -0.454 e. The Morgan fingerprint density at radius 3 is 3.09 bits per heavy atom. The van der Waals surface area contributed by atoms with Gasteiger partial charge in [0.1, 0.15) is 0 Å². The third-order valence-corrected chi connectivity index (χ3v) is 5.64. The maximum atomic E-state index is 6.55. The van der Waals surface area contributed by atoms with Crippen LogP contribution in [0.5, 0.6) is 11.5 Å². The zero-order valence-electron chi connectivity index (χ0n) is 13.0. The van der Waals surface area contributed by atoms with Gasteiger partial charge in [0.15, 0.2) is 11.5 Å². The molecule has 1 aromatic rings. The summed E-state index contributed by atoms with van der Waals surface area (Å²) in [7, 11) is 0. The van der Waals surface area contributed by atoms with Gasteiger partial charge in [-0.1, -0.05) is 25.1 Å². The molecule has 22 heavy (non-hydrogen) atoms. The summed E-state index contributed by atoms with van der Waals surface area (Å²) in [6.45, 7) is 9.32. The Morgan fingerprint density at radius 2 is 2.27 bits per heavy atom. The zero-order chi connectivity index (χ0) is 15.3. The van der Waals surface area contributed by atoms with E-state index in [0.29, 0.717) is 12.0 Å². The van der Waals surface area contributed by atoms with Crippen molar-refractivity contribution in [1.29, 1.82) is 0 Å². The lowest BCUT2D eigenvalue weighted by Crippen LogP contribution is -2.48. The van der Waals surface area contributed by atoms with Gasteiger partial charge in [-0.15, -0.1) is 0 Å². The van der Waals surface area contributed by atoms with Crippen LogP contribution in [-0.4, -0.2) is 30.8 Å². The fraction of sp³-hybridized carbons (Fsp3) is 0.556. The third kappa shape index (κ3) is 2.06. The van der Waals surface area contributed by atoms with Crippen LogP contribution in [0.4, 0.5) is 0 Å². The molecule has 0 unspecified atom stereocenters. The van der Waals surface area contributed by atoms with E-state index in [1.165, 1.54) is 36.9 Å². The summed E-state index contributed by atoms with van der Waals surface area (Å²) in [4.78, 5) is 2.63. The molecule has 4 heteroatoms. The summed E-state index contributed by atoms with van der Waals surface area (Å²) in [5.41, 5.74) is 3.51. The van der Waals surface area contributed by atoms with Gasteiger partial charge >= 0.3 is 0 Å². The minimum absolute atomic E-state index is 0.283. The molecular weight excluding hydrogens is 298 g/mol. The molecule has 0 N–H and O–H groups in total. The average Bonchev–Trinajstić information content (AvgIpc) is 2.96. The van der Waals surface area contributed by atoms with Crippen LogP contribution in [0.15, 0.2) is 12.6 Å². The lowest BCUT2D eigenvalue weighted by Gasteiger charge is -2.46. The Bertz CT molecular complexity index is 626. The number of likely N-dealkylation sites (tertiary alicyclic amines) is 1. The molecular formula is C18H22ClNO2. The van der Waals surface area contributed by atoms with E-state index in [1.807, 2.05) is 6.07 Å². The number of nitrogens with zero attached hydrogens (tertiary/aromatic N) is 1. The topological polar surface area (TPSA) is 21.7 Å². The monoisotopic (exact) mass is 319 g/mol. The van der Waals surface area contributed by atoms with Crippen LogP contribution in [0.2, 0.25) is 5.02 Å². The Labute approximate surface area is 136 Å². The van der Waals surface area contributed by atoms with Crippen molar-refractivity contribution >= 4 is 17.2 Å². The molecule has 3 aliphatic rings. The number of hydrogen-bond acceptors (Lipinski definition) is 3. The maximum Gasteiger partial charge on any atom is 0.231 e. The second-order valence-electron chi connectivity index (χ2n) is 6.53. The molecule has 0 radical (unpaired) electrons. The number of rotatable bonds is 2. The van der Waals surface area contributed by atoms with E-state index in [1.54, 1.807) is 0 Å². The molecule has 0 saturated carbocycles. The van der Waals surface area contributed by atoms with Gasteiger partial charge in [0, 0.05) is 22.7 Å². The standard InChI is InChI=1S/C18H22ClNO2/c1-3-6-20-7-4-5-12-11(2)17-13(8-15(12)20)14(19)9-16-18(17)22-10-21-16/h9,12,15H,2-8,10H2,1H3/t12-,15-/m1/s1. The molecule has 2 aliphatic heterocycles. The molecule has 0 aromatic heterocycles. The fourth-order valence-electron chi connectivity index (χ4n) is 4.35. The van der Waals surface area contributed by atoms with E-state index in [0.717, 1.165) is 35.1 Å². The molecule has 1 saturated heterocycles. The smallest absolute Gasteiger partial charge is 0.231 e. The van der Waals surface area contributed by atoms with E-state index in [2.05, 4.69) is 18.4 Å². The van der Waals surface area contributed by atoms with Gasteiger partial charge < -0.3 is 9.47 Å². The number of hydrogen-bond donors (Lipinski definition) is 0. The zero-order valence-corrected chi connectivity index (χ0v) is 13.8. The van der Waals surface area contributed by atoms with Gasteiger partial charge in [0.25, 0.3) is 0 Å². The van der Waals surface area contributed by atoms with Crippen LogP contribution in [0.3, 0.4) is 0 Å². The first-order chi connectivity index (χ1) is 10.7. The normalized spacial score (nSPS) is 26.7. The first-order valence-electron chi connectivity index (χ1n) is 8.25. The predicted molar refractivity (Wildman–Crippen MR) is 88.7 cm³/mol. The van der Waals surface area contributed by atoms with Crippen molar-refractivity contribution in [1.82, 2.24) is 4.90 Å². The van der Waals surface area contributed by atoms with Gasteiger partial charge in [-0.25, -0.2) is 0 Å². The molecule has 2 heterocycles. The number of fused-ring (bicyclic) bond motifs is 4. The highest BCUT2D eigenvalue weighted by molar-refractivity contribution is 6.32. The number of halogens is 1. The molecule has 4 rings (SSSR count). The molecule has 118 valence electrons. The fourth-order valence-corrected chi connectivity index (χ4v) is 4.62. The largest absolute Gasteiger partial charge is 0.454 e. The number of piperidine rings is 1. The first-order valence-corrected chi connectivity index (χ1v) is 8.62. The van der Waals surface area contributed by atoms with Crippen molar-refractivity contribution in [2.24, 2.45) is 5.92 Å². The van der Waals surface area contributed by atoms with Crippen LogP contribution in [0.1, 0.15) is 37.3 Å². The Morgan fingerprint density at radius 1 is 1.41 bits per heavy atom. The third-order valence-electron chi connectivity index (χ3n) is 5.30. The van der Waals surface area contributed by atoms with E-state index >= 15 is 0 Å². The summed E-state index contributed by atoms with van der Waals surface area (Å²) in [6.07, 6.45) is 4.65. The van der Waals surface area contributed by atoms with E-state index in [9.17, 15) is 0 Å². The lowest BCUT2D eigenvalue weighted by atomic mass is 9.72. The second kappa shape index (κ2) is 5.47. The number of benzene rings is 1. The second-order valence-corrected chi connectivity index (χ2v) is 6.93. The Balaban J connectivity index is 1.79. The van der Waals surface area contributed by atoms with E-state index in [-0.39, 0.29) is 6.79 Å². The van der Waals surface area contributed by atoms with Crippen LogP contribution in [0, 0.1) is 5.92 Å². The molecule has 1 fully saturated rings. The quantitative estimate of drug-likeness (QED) is 0.818. The summed E-state index contributed by atoms with van der Waals surface area (Å²) in [5.74, 6) is 2.14. The van der Waals surface area contributed by atoms with Crippen molar-refractivity contribution in [2.45, 2.75) is 38.6 Å². The maximum absolute atomic E-state index is 6.55. The predicted octanol–water partition coefficient (Wildman–Crippen LogP) is 4.13. The number of ether oxygens (including phenoxy) is 2. The van der Waals surface area contributed by atoms with Crippen LogP contribution in [0.25, 0.3) is 5.57 Å². The van der Waals surface area contributed by atoms with Crippen LogP contribution >= 0.6 is 11.6 Å². The van der Waals surface area contributed by atoms with E-state index in [4.69, 9.17) is 21.1 Å². The van der Waals surface area contributed by atoms with Gasteiger partial charge in [-0.2, -0.15) is 0 Å². The molecule has 1 aliphatic carbocycles. The Hall–Kier alpha value is -1.19. The first kappa shape index (κ1) is 14.4. The Kier molecular flexibility index (Phi) is 3.58. The minimum atomic E-state index is 0.283. The van der Waals surface area contributed by atoms with Gasteiger partial charge in [0.05, 0.1) is 0 Å². The summed E-state index contributed by atoms with van der Waals surface area (Å²) >= 11 is 6.55. The van der Waals surface area contributed by atoms with Crippen molar-refractivity contribution in [3.8, 4) is 11.5 Å². The van der Waals surface area contributed by atoms with Gasteiger partial charge in [-0.05, 0) is 55.8 Å². The lowest BCUT2D eigenvalue weighted by molar-refractivity contribution is 0.114. The van der Waals surface area contributed by atoms with Crippen molar-refractivity contribution in [2.75, 3.05) is 19.9 Å². The van der Waals surface area contributed by atoms with Crippen molar-refractivity contribution < 1.29 is 9.47 Å². The SMILES string of the molecule is C=C1c2c(c(Cl)cc3c2OCO3)C[C@@H]2[C@@H]1CCCN2CCC. The molecule has 0 spiro atoms. The summed E-state index contributed by atoms with van der Waals surface area (Å²) in [6, 6.07) is 2.44. The van der Waals surface area contributed by atoms with Gasteiger partial charge in [0.2, 0.25) is 6.79 Å². The van der Waals surface area contributed by atoms with Crippen LogP contribution in [-0.2, 0) is 6.42 Å². The summed E-state index contributed by atoms with van der Waals surface area (Å²) in [5, 5.41) is 0.792. The molecule has 3 nitrogen and oxygen atoms in total. The highest BCUT2D eigenvalue weighted by Gasteiger charge is 2.40. The molecule has 0 amide bonds. The molecule has 0 bridgehead atoms. The highest BCUT2D eigenvalue weighted by atomic mass is 35.5. The highest BCUT2D eigenvalue weighted by Crippen LogP contribution is 2.51. The van der Waals surface area contributed by atoms with Gasteiger partial charge in [-0.3, -0.25) is 4.90 Å². The van der Waals surface area contributed by atoms with Crippen molar-refractivity contribution in [3.05, 3.63) is 28.8 Å². The molecule has 1 aromatic carbocycles. The van der Waals surface area contributed by atoms with Crippen LogP contribution < -0.4 is 9.47 Å². The molecule has 2 atom stereocenters.